The Morgan fingerprint density at radius 2 is 1.52 bits per heavy atom. The summed E-state index contributed by atoms with van der Waals surface area (Å²) in [4.78, 5) is 27.2. The van der Waals surface area contributed by atoms with E-state index in [9.17, 15) is 9.59 Å². The standard InChI is InChI=1S/C17H14BrNO2/c18-12-3-1-2-4-13(12)19-16(20)14-8-5-6-9(11-7-10(8)11)15(14)17(19)21/h1-6,8-11,14-15H,7H2/t8-,9-,10-,11-,14+,15+/m1/s1. The van der Waals surface area contributed by atoms with E-state index in [2.05, 4.69) is 28.1 Å². The van der Waals surface area contributed by atoms with E-state index >= 15 is 0 Å². The predicted molar refractivity (Wildman–Crippen MR) is 81.3 cm³/mol. The zero-order valence-electron chi connectivity index (χ0n) is 11.3. The van der Waals surface area contributed by atoms with Crippen LogP contribution in [-0.2, 0) is 9.59 Å². The summed E-state index contributed by atoms with van der Waals surface area (Å²) in [5.74, 6) is 1.63. The van der Waals surface area contributed by atoms with Crippen molar-refractivity contribution in [2.75, 3.05) is 4.90 Å². The van der Waals surface area contributed by atoms with Crippen molar-refractivity contribution < 1.29 is 9.59 Å². The molecule has 0 radical (unpaired) electrons. The number of amides is 2. The van der Waals surface area contributed by atoms with Crippen LogP contribution in [0, 0.1) is 35.5 Å². The number of carbonyl (C=O) groups is 2. The van der Waals surface area contributed by atoms with Crippen LogP contribution in [0.4, 0.5) is 5.69 Å². The van der Waals surface area contributed by atoms with Crippen molar-refractivity contribution in [2.45, 2.75) is 6.42 Å². The molecule has 0 N–H and O–H groups in total. The molecule has 1 aromatic carbocycles. The van der Waals surface area contributed by atoms with Gasteiger partial charge in [0.2, 0.25) is 11.8 Å². The smallest absolute Gasteiger partial charge is 0.238 e. The largest absolute Gasteiger partial charge is 0.274 e. The highest BCUT2D eigenvalue weighted by Crippen LogP contribution is 2.65. The minimum atomic E-state index is -0.122. The third-order valence-corrected chi connectivity index (χ3v) is 6.43. The number of benzene rings is 1. The number of allylic oxidation sites excluding steroid dienone is 2. The van der Waals surface area contributed by atoms with Crippen LogP contribution in [0.2, 0.25) is 0 Å². The topological polar surface area (TPSA) is 37.4 Å². The van der Waals surface area contributed by atoms with E-state index in [1.54, 1.807) is 0 Å². The molecule has 1 aliphatic heterocycles. The number of imide groups is 1. The summed E-state index contributed by atoms with van der Waals surface area (Å²) in [5.41, 5.74) is 0.690. The zero-order valence-corrected chi connectivity index (χ0v) is 12.9. The van der Waals surface area contributed by atoms with Crippen molar-refractivity contribution in [2.24, 2.45) is 35.5 Å². The molecule has 0 aromatic heterocycles. The van der Waals surface area contributed by atoms with Crippen molar-refractivity contribution in [3.05, 3.63) is 40.9 Å². The molecule has 6 rings (SSSR count). The maximum Gasteiger partial charge on any atom is 0.238 e. The van der Waals surface area contributed by atoms with Gasteiger partial charge in [0.05, 0.1) is 17.5 Å². The summed E-state index contributed by atoms with van der Waals surface area (Å²) < 4.78 is 0.802. The number of nitrogens with zero attached hydrogens (tertiary/aromatic N) is 1. The van der Waals surface area contributed by atoms with Gasteiger partial charge in [-0.3, -0.25) is 9.59 Å². The summed E-state index contributed by atoms with van der Waals surface area (Å²) in [7, 11) is 0. The first-order valence-electron chi connectivity index (χ1n) is 7.49. The third-order valence-electron chi connectivity index (χ3n) is 5.76. The maximum atomic E-state index is 12.9. The van der Waals surface area contributed by atoms with Crippen LogP contribution in [0.25, 0.3) is 0 Å². The molecule has 2 amide bonds. The van der Waals surface area contributed by atoms with Crippen molar-refractivity contribution in [3.8, 4) is 0 Å². The first kappa shape index (κ1) is 12.2. The van der Waals surface area contributed by atoms with Gasteiger partial charge in [-0.2, -0.15) is 0 Å². The van der Waals surface area contributed by atoms with Crippen molar-refractivity contribution >= 4 is 33.4 Å². The molecule has 5 aliphatic rings. The van der Waals surface area contributed by atoms with E-state index in [0.29, 0.717) is 17.5 Å². The Bertz CT molecular complexity index is 676. The number of halogens is 1. The van der Waals surface area contributed by atoms with Crippen molar-refractivity contribution in [3.63, 3.8) is 0 Å². The molecule has 3 fully saturated rings. The van der Waals surface area contributed by atoms with Gasteiger partial charge in [-0.25, -0.2) is 4.90 Å². The quantitative estimate of drug-likeness (QED) is 0.580. The van der Waals surface area contributed by atoms with Crippen LogP contribution in [0.1, 0.15) is 6.42 Å². The van der Waals surface area contributed by atoms with Crippen LogP contribution >= 0.6 is 15.9 Å². The lowest BCUT2D eigenvalue weighted by molar-refractivity contribution is -0.124. The molecule has 2 saturated carbocycles. The van der Waals surface area contributed by atoms with E-state index < -0.39 is 0 Å². The summed E-state index contributed by atoms with van der Waals surface area (Å²) >= 11 is 3.47. The number of para-hydroxylation sites is 1. The molecule has 1 heterocycles. The summed E-state index contributed by atoms with van der Waals surface area (Å²) in [6.07, 6.45) is 5.61. The SMILES string of the molecule is O=C1[C@H]2[C@@H]3C=C[C@H]([C@H]4C[C@H]34)[C@@H]2C(=O)N1c1ccccc1Br. The number of rotatable bonds is 1. The van der Waals surface area contributed by atoms with E-state index in [1.165, 1.54) is 11.3 Å². The molecule has 6 atom stereocenters. The highest BCUT2D eigenvalue weighted by atomic mass is 79.9. The predicted octanol–water partition coefficient (Wildman–Crippen LogP) is 3.01. The Labute approximate surface area is 131 Å². The molecule has 1 aromatic rings. The monoisotopic (exact) mass is 343 g/mol. The molecule has 106 valence electrons. The average molecular weight is 344 g/mol. The van der Waals surface area contributed by atoms with E-state index in [0.717, 1.165) is 4.47 Å². The van der Waals surface area contributed by atoms with Crippen LogP contribution in [0.5, 0.6) is 0 Å². The lowest BCUT2D eigenvalue weighted by Crippen LogP contribution is -2.40. The number of hydrogen-bond acceptors (Lipinski definition) is 2. The molecular weight excluding hydrogens is 330 g/mol. The fourth-order valence-corrected chi connectivity index (χ4v) is 5.29. The second kappa shape index (κ2) is 3.86. The van der Waals surface area contributed by atoms with Crippen LogP contribution < -0.4 is 4.90 Å². The minimum absolute atomic E-state index is 0.00148. The molecular formula is C17H14BrNO2. The molecule has 0 spiro atoms. The van der Waals surface area contributed by atoms with Gasteiger partial charge in [0, 0.05) is 4.47 Å². The average Bonchev–Trinajstić information content (AvgIpc) is 3.26. The number of hydrogen-bond donors (Lipinski definition) is 0. The Morgan fingerprint density at radius 1 is 0.952 bits per heavy atom. The van der Waals surface area contributed by atoms with E-state index in [-0.39, 0.29) is 35.5 Å². The molecule has 2 bridgehead atoms. The van der Waals surface area contributed by atoms with Gasteiger partial charge in [0.25, 0.3) is 0 Å². The van der Waals surface area contributed by atoms with Gasteiger partial charge in [-0.15, -0.1) is 0 Å². The molecule has 1 saturated heterocycles. The Balaban J connectivity index is 1.62. The highest BCUT2D eigenvalue weighted by molar-refractivity contribution is 9.10. The van der Waals surface area contributed by atoms with Gasteiger partial charge >= 0.3 is 0 Å². The summed E-state index contributed by atoms with van der Waals surface area (Å²) in [6.45, 7) is 0. The second-order valence-corrected chi connectivity index (χ2v) is 7.47. The van der Waals surface area contributed by atoms with E-state index in [4.69, 9.17) is 0 Å². The molecule has 4 aliphatic carbocycles. The fraction of sp³-hybridized carbons (Fsp3) is 0.412. The van der Waals surface area contributed by atoms with Gasteiger partial charge in [-0.05, 0) is 58.2 Å². The Morgan fingerprint density at radius 3 is 2.10 bits per heavy atom. The molecule has 4 heteroatoms. The van der Waals surface area contributed by atoms with Gasteiger partial charge in [0.1, 0.15) is 0 Å². The molecule has 0 unspecified atom stereocenters. The number of anilines is 1. The molecule has 21 heavy (non-hydrogen) atoms. The molecule has 3 nitrogen and oxygen atoms in total. The minimum Gasteiger partial charge on any atom is -0.274 e. The van der Waals surface area contributed by atoms with Crippen molar-refractivity contribution in [1.29, 1.82) is 0 Å². The van der Waals surface area contributed by atoms with Gasteiger partial charge < -0.3 is 0 Å². The summed E-state index contributed by atoms with van der Waals surface area (Å²) in [5, 5.41) is 0. The first-order valence-corrected chi connectivity index (χ1v) is 8.28. The lowest BCUT2D eigenvalue weighted by atomic mass is 9.63. The van der Waals surface area contributed by atoms with Crippen LogP contribution in [-0.4, -0.2) is 11.8 Å². The first-order chi connectivity index (χ1) is 10.2. The number of carbonyl (C=O) groups excluding carboxylic acids is 2. The highest BCUT2D eigenvalue weighted by Gasteiger charge is 2.67. The lowest BCUT2D eigenvalue weighted by Gasteiger charge is -2.37. The third kappa shape index (κ3) is 1.39. The van der Waals surface area contributed by atoms with Crippen LogP contribution in [0.3, 0.4) is 0 Å². The Kier molecular flexibility index (Phi) is 2.23. The summed E-state index contributed by atoms with van der Waals surface area (Å²) in [6, 6.07) is 7.48. The zero-order chi connectivity index (χ0) is 14.3. The normalized spacial score (nSPS) is 42.2. The second-order valence-electron chi connectivity index (χ2n) is 6.62. The van der Waals surface area contributed by atoms with E-state index in [1.807, 2.05) is 24.3 Å². The van der Waals surface area contributed by atoms with Gasteiger partial charge in [-0.1, -0.05) is 24.3 Å². The van der Waals surface area contributed by atoms with Crippen molar-refractivity contribution in [1.82, 2.24) is 0 Å². The van der Waals surface area contributed by atoms with Gasteiger partial charge in [0.15, 0.2) is 0 Å². The Hall–Kier alpha value is -1.42. The fourth-order valence-electron chi connectivity index (χ4n) is 4.83. The maximum absolute atomic E-state index is 12.9. The van der Waals surface area contributed by atoms with Crippen LogP contribution in [0.15, 0.2) is 40.9 Å².